The summed E-state index contributed by atoms with van der Waals surface area (Å²) in [7, 11) is 0. The van der Waals surface area contributed by atoms with Crippen molar-refractivity contribution in [3.05, 3.63) is 59.8 Å². The lowest BCUT2D eigenvalue weighted by molar-refractivity contribution is 0.405. The summed E-state index contributed by atoms with van der Waals surface area (Å²) < 4.78 is 16.6. The van der Waals surface area contributed by atoms with E-state index in [0.717, 1.165) is 17.7 Å². The third kappa shape index (κ3) is 2.47. The van der Waals surface area contributed by atoms with Gasteiger partial charge in [0.25, 0.3) is 5.56 Å². The van der Waals surface area contributed by atoms with Crippen LogP contribution >= 0.6 is 11.3 Å². The molecule has 2 aliphatic rings. The number of allylic oxidation sites excluding steroid dienone is 1. The van der Waals surface area contributed by atoms with Crippen molar-refractivity contribution in [3.63, 3.8) is 0 Å². The molecule has 138 valence electrons. The lowest BCUT2D eigenvalue weighted by Gasteiger charge is -2.31. The number of aromatic amines is 1. The Balaban J connectivity index is 1.94. The van der Waals surface area contributed by atoms with Crippen LogP contribution in [-0.4, -0.2) is 14.7 Å². The zero-order valence-electron chi connectivity index (χ0n) is 14.5. The van der Waals surface area contributed by atoms with Crippen LogP contribution in [0.4, 0.5) is 4.39 Å². The number of hydrogen-bond donors (Lipinski definition) is 3. The van der Waals surface area contributed by atoms with E-state index in [1.807, 2.05) is 18.4 Å². The molecule has 8 heteroatoms. The summed E-state index contributed by atoms with van der Waals surface area (Å²) in [5.41, 5.74) is 5.64. The SMILES string of the molecule is CC(N)c1cc(C2C(F)=C(O)c3c(n(C4CC4)c(=O)[nH]c3=O)C2C)cs1. The first kappa shape index (κ1) is 17.2. The highest BCUT2D eigenvalue weighted by Gasteiger charge is 2.41. The molecule has 0 radical (unpaired) electrons. The van der Waals surface area contributed by atoms with Crippen LogP contribution in [0, 0.1) is 0 Å². The average molecular weight is 377 g/mol. The van der Waals surface area contributed by atoms with E-state index in [4.69, 9.17) is 5.73 Å². The molecule has 0 aromatic carbocycles. The van der Waals surface area contributed by atoms with Crippen LogP contribution < -0.4 is 17.0 Å². The van der Waals surface area contributed by atoms with E-state index >= 15 is 4.39 Å². The summed E-state index contributed by atoms with van der Waals surface area (Å²) in [4.78, 5) is 27.8. The maximum absolute atomic E-state index is 15.1. The zero-order chi connectivity index (χ0) is 18.7. The Morgan fingerprint density at radius 3 is 2.69 bits per heavy atom. The topological polar surface area (TPSA) is 101 Å². The van der Waals surface area contributed by atoms with Gasteiger partial charge in [0.05, 0.1) is 0 Å². The third-order valence-corrected chi connectivity index (χ3v) is 6.36. The van der Waals surface area contributed by atoms with E-state index in [1.54, 1.807) is 6.92 Å². The number of nitrogens with one attached hydrogen (secondary N) is 1. The summed E-state index contributed by atoms with van der Waals surface area (Å²) in [6.07, 6.45) is 1.66. The summed E-state index contributed by atoms with van der Waals surface area (Å²) in [6, 6.07) is 1.65. The van der Waals surface area contributed by atoms with Crippen LogP contribution in [0.3, 0.4) is 0 Å². The van der Waals surface area contributed by atoms with Gasteiger partial charge in [-0.2, -0.15) is 0 Å². The molecule has 2 aromatic rings. The average Bonchev–Trinajstić information content (AvgIpc) is 3.28. The Kier molecular flexibility index (Phi) is 3.92. The fourth-order valence-corrected chi connectivity index (χ4v) is 4.69. The van der Waals surface area contributed by atoms with E-state index in [2.05, 4.69) is 4.98 Å². The lowest BCUT2D eigenvalue weighted by Crippen LogP contribution is -2.38. The summed E-state index contributed by atoms with van der Waals surface area (Å²) >= 11 is 1.43. The lowest BCUT2D eigenvalue weighted by atomic mass is 9.78. The largest absolute Gasteiger partial charge is 0.504 e. The Labute approximate surface area is 152 Å². The molecule has 0 aliphatic heterocycles. The number of aliphatic hydroxyl groups is 1. The van der Waals surface area contributed by atoms with E-state index in [1.165, 1.54) is 15.9 Å². The first-order chi connectivity index (χ1) is 12.3. The van der Waals surface area contributed by atoms with Gasteiger partial charge >= 0.3 is 5.69 Å². The molecule has 26 heavy (non-hydrogen) atoms. The number of nitrogens with two attached hydrogens (primary N) is 1. The molecule has 0 bridgehead atoms. The van der Waals surface area contributed by atoms with Gasteiger partial charge in [-0.25, -0.2) is 9.18 Å². The van der Waals surface area contributed by atoms with Crippen molar-refractivity contribution in [2.75, 3.05) is 0 Å². The van der Waals surface area contributed by atoms with Gasteiger partial charge < -0.3 is 10.8 Å². The third-order valence-electron chi connectivity index (χ3n) is 5.21. The number of H-pyrrole nitrogens is 1. The fourth-order valence-electron chi connectivity index (χ4n) is 3.79. The molecule has 3 unspecified atom stereocenters. The second-order valence-corrected chi connectivity index (χ2v) is 8.10. The van der Waals surface area contributed by atoms with Gasteiger partial charge in [-0.3, -0.25) is 14.3 Å². The Morgan fingerprint density at radius 1 is 1.42 bits per heavy atom. The summed E-state index contributed by atoms with van der Waals surface area (Å²) in [6.45, 7) is 3.64. The number of thiophene rings is 1. The molecular weight excluding hydrogens is 357 g/mol. The van der Waals surface area contributed by atoms with Gasteiger partial charge in [-0.1, -0.05) is 6.92 Å². The minimum Gasteiger partial charge on any atom is -0.504 e. The highest BCUT2D eigenvalue weighted by Crippen LogP contribution is 2.49. The number of fused-ring (bicyclic) bond motifs is 1. The molecule has 0 spiro atoms. The molecule has 4 rings (SSSR count). The van der Waals surface area contributed by atoms with Gasteiger partial charge in [0.15, 0.2) is 11.6 Å². The second-order valence-electron chi connectivity index (χ2n) is 7.15. The quantitative estimate of drug-likeness (QED) is 0.765. The van der Waals surface area contributed by atoms with E-state index < -0.39 is 34.7 Å². The first-order valence-corrected chi connectivity index (χ1v) is 9.50. The Morgan fingerprint density at radius 2 is 2.12 bits per heavy atom. The van der Waals surface area contributed by atoms with Crippen LogP contribution in [0.1, 0.15) is 72.3 Å². The van der Waals surface area contributed by atoms with E-state index in [0.29, 0.717) is 11.3 Å². The molecular formula is C18H20FN3O3S. The fraction of sp³-hybridized carbons (Fsp3) is 0.444. The summed E-state index contributed by atoms with van der Waals surface area (Å²) in [5.74, 6) is -2.64. The molecule has 2 heterocycles. The molecule has 0 amide bonds. The second kappa shape index (κ2) is 5.92. The van der Waals surface area contributed by atoms with E-state index in [-0.39, 0.29) is 17.6 Å². The van der Waals surface area contributed by atoms with Crippen molar-refractivity contribution in [2.45, 2.75) is 50.6 Å². The maximum Gasteiger partial charge on any atom is 0.328 e. The van der Waals surface area contributed by atoms with Gasteiger partial charge in [0, 0.05) is 34.5 Å². The smallest absolute Gasteiger partial charge is 0.328 e. The normalized spacial score (nSPS) is 23.8. The van der Waals surface area contributed by atoms with Gasteiger partial charge in [0.2, 0.25) is 0 Å². The van der Waals surface area contributed by atoms with Crippen LogP contribution in [-0.2, 0) is 0 Å². The number of aromatic nitrogens is 2. The predicted octanol–water partition coefficient (Wildman–Crippen LogP) is 3.05. The molecule has 3 atom stereocenters. The predicted molar refractivity (Wildman–Crippen MR) is 98.3 cm³/mol. The van der Waals surface area contributed by atoms with Crippen LogP contribution in [0.15, 0.2) is 26.9 Å². The van der Waals surface area contributed by atoms with Crippen LogP contribution in [0.5, 0.6) is 0 Å². The summed E-state index contributed by atoms with van der Waals surface area (Å²) in [5, 5.41) is 12.3. The number of halogens is 1. The highest BCUT2D eigenvalue weighted by molar-refractivity contribution is 7.10. The maximum atomic E-state index is 15.1. The molecule has 1 fully saturated rings. The van der Waals surface area contributed by atoms with Crippen LogP contribution in [0.2, 0.25) is 0 Å². The van der Waals surface area contributed by atoms with Crippen LogP contribution in [0.25, 0.3) is 5.76 Å². The Bertz CT molecular complexity index is 1030. The monoisotopic (exact) mass is 377 g/mol. The van der Waals surface area contributed by atoms with Gasteiger partial charge in [0.1, 0.15) is 5.56 Å². The van der Waals surface area contributed by atoms with Crippen molar-refractivity contribution in [2.24, 2.45) is 5.73 Å². The molecule has 0 saturated heterocycles. The van der Waals surface area contributed by atoms with Crippen molar-refractivity contribution < 1.29 is 9.50 Å². The Hall–Kier alpha value is -2.19. The minimum atomic E-state index is -0.752. The number of hydrogen-bond acceptors (Lipinski definition) is 5. The highest BCUT2D eigenvalue weighted by atomic mass is 32.1. The van der Waals surface area contributed by atoms with Gasteiger partial charge in [-0.15, -0.1) is 11.3 Å². The minimum absolute atomic E-state index is 0.00717. The number of nitrogens with zero attached hydrogens (tertiary/aromatic N) is 1. The molecule has 1 saturated carbocycles. The molecule has 6 nitrogen and oxygen atoms in total. The van der Waals surface area contributed by atoms with E-state index in [9.17, 15) is 14.7 Å². The number of aliphatic hydroxyl groups excluding tert-OH is 1. The van der Waals surface area contributed by atoms with Crippen molar-refractivity contribution in [3.8, 4) is 0 Å². The van der Waals surface area contributed by atoms with Crippen molar-refractivity contribution >= 4 is 17.1 Å². The molecule has 2 aliphatic carbocycles. The number of rotatable bonds is 3. The zero-order valence-corrected chi connectivity index (χ0v) is 15.3. The first-order valence-electron chi connectivity index (χ1n) is 8.62. The van der Waals surface area contributed by atoms with Crippen molar-refractivity contribution in [1.82, 2.24) is 9.55 Å². The molecule has 2 aromatic heterocycles. The van der Waals surface area contributed by atoms with Crippen molar-refractivity contribution in [1.29, 1.82) is 0 Å². The standard InChI is InChI=1S/C18H20FN3O3S/c1-7-12(9-5-11(8(2)20)26-6-9)14(19)16(23)13-15(7)22(10-3-4-10)18(25)21-17(13)24/h5-8,10,12,23H,3-4,20H2,1-2H3,(H,21,24,25). The molecule has 4 N–H and O–H groups in total. The van der Waals surface area contributed by atoms with Gasteiger partial charge in [-0.05, 0) is 36.8 Å².